The SMILES string of the molecule is C=C(C(=C(C)\C(C)=C/C)/C(C)=C(\C)N)c1c(C)c(N=C(C)OCC2(CC)CC2)c(C(=C)C)c(CC)c1CC.CCC(C)C.CCC(C)CCC(C)CC.CCC1C(CC)C1(C)C. The molecule has 2 aliphatic carbocycles. The average Bonchev–Trinajstić information content (AvgIpc) is 4.15. The quantitative estimate of drug-likeness (QED) is 0.0856. The molecule has 3 heteroatoms. The molecule has 0 aromatic heterocycles. The van der Waals surface area contributed by atoms with Crippen LogP contribution in [0.1, 0.15) is 237 Å². The third-order valence-corrected chi connectivity index (χ3v) is 15.1. The molecule has 0 amide bonds. The Morgan fingerprint density at radius 3 is 1.52 bits per heavy atom. The van der Waals surface area contributed by atoms with Crippen molar-refractivity contribution < 1.29 is 4.74 Å². The fourth-order valence-corrected chi connectivity index (χ4v) is 8.91. The first-order valence-electron chi connectivity index (χ1n) is 25.4. The number of allylic oxidation sites excluding steroid dienone is 8. The summed E-state index contributed by atoms with van der Waals surface area (Å²) in [6.07, 6.45) is 17.2. The minimum Gasteiger partial charge on any atom is -0.480 e. The number of nitrogens with two attached hydrogens (primary N) is 1. The maximum Gasteiger partial charge on any atom is 0.185 e. The molecule has 0 heterocycles. The van der Waals surface area contributed by atoms with Gasteiger partial charge in [-0.15, -0.1) is 0 Å². The van der Waals surface area contributed by atoms with Gasteiger partial charge < -0.3 is 10.5 Å². The standard InChI is InChI=1S/C35H52N2O.C10H22.C9H18.C5H12/c1-14-22(7)23(8)32(24(9)27(12)36)25(10)33-26(11)34(31(21(5)6)29(15-2)30(33)16-3)37-28(13)38-20-35(17-4)18-19-35;1-5-9(3)7-8-10(4)6-2;1-5-7-8(6-2)9(7,3)4;1-4-5(2)3/h14H,5,10,15-20,36H2,1-4,6-9,11-13H3;9-10H,5-8H2,1-4H3;7-8H,5-6H2,1-4H3;5H,4H2,1-3H3/b22-14-,27-24+,32-23-,37-28?;;;. The maximum atomic E-state index is 6.38. The largest absolute Gasteiger partial charge is 0.480 e. The van der Waals surface area contributed by atoms with Crippen LogP contribution in [0.25, 0.3) is 11.1 Å². The highest BCUT2D eigenvalue weighted by atomic mass is 16.5. The van der Waals surface area contributed by atoms with E-state index in [-0.39, 0.29) is 0 Å². The van der Waals surface area contributed by atoms with Crippen LogP contribution in [0, 0.1) is 47.3 Å². The predicted octanol–water partition coefficient (Wildman–Crippen LogP) is 18.9. The highest BCUT2D eigenvalue weighted by Crippen LogP contribution is 2.61. The molecule has 4 unspecified atom stereocenters. The third kappa shape index (κ3) is 17.3. The van der Waals surface area contributed by atoms with Gasteiger partial charge in [0, 0.05) is 23.6 Å². The van der Waals surface area contributed by atoms with E-state index in [1.807, 2.05) is 13.8 Å². The van der Waals surface area contributed by atoms with Crippen molar-refractivity contribution in [2.75, 3.05) is 6.61 Å². The van der Waals surface area contributed by atoms with Gasteiger partial charge in [-0.3, -0.25) is 0 Å². The summed E-state index contributed by atoms with van der Waals surface area (Å²) in [5.41, 5.74) is 21.8. The summed E-state index contributed by atoms with van der Waals surface area (Å²) in [5, 5.41) is 0. The van der Waals surface area contributed by atoms with Crippen LogP contribution in [0.2, 0.25) is 0 Å². The van der Waals surface area contributed by atoms with E-state index in [0.29, 0.717) is 16.7 Å². The molecule has 0 aliphatic heterocycles. The molecular weight excluding hydrogens is 753 g/mol. The van der Waals surface area contributed by atoms with E-state index >= 15 is 0 Å². The van der Waals surface area contributed by atoms with Crippen molar-refractivity contribution in [3.05, 3.63) is 75.0 Å². The van der Waals surface area contributed by atoms with E-state index in [0.717, 1.165) is 100 Å². The number of rotatable bonds is 19. The predicted molar refractivity (Wildman–Crippen MR) is 284 cm³/mol. The molecule has 1 aromatic rings. The number of ether oxygens (including phenoxy) is 1. The average molecular weight is 857 g/mol. The Labute approximate surface area is 388 Å². The summed E-state index contributed by atoms with van der Waals surface area (Å²) >= 11 is 0. The highest BCUT2D eigenvalue weighted by Gasteiger charge is 2.54. The van der Waals surface area contributed by atoms with Gasteiger partial charge in [-0.1, -0.05) is 167 Å². The second kappa shape index (κ2) is 28.2. The monoisotopic (exact) mass is 857 g/mol. The molecule has 0 radical (unpaired) electrons. The van der Waals surface area contributed by atoms with Crippen LogP contribution in [0.5, 0.6) is 0 Å². The smallest absolute Gasteiger partial charge is 0.185 e. The van der Waals surface area contributed by atoms with E-state index in [2.05, 4.69) is 151 Å². The van der Waals surface area contributed by atoms with Gasteiger partial charge in [0.25, 0.3) is 0 Å². The van der Waals surface area contributed by atoms with Crippen LogP contribution in [-0.4, -0.2) is 12.5 Å². The number of nitrogens with zero attached hydrogens (tertiary/aromatic N) is 1. The lowest BCUT2D eigenvalue weighted by Gasteiger charge is -2.27. The minimum absolute atomic E-state index is 0.342. The van der Waals surface area contributed by atoms with E-state index in [1.165, 1.54) is 85.6 Å². The van der Waals surface area contributed by atoms with Gasteiger partial charge in [0.1, 0.15) is 0 Å². The zero-order chi connectivity index (χ0) is 48.3. The molecule has 2 N–H and O–H groups in total. The molecule has 2 saturated carbocycles. The Balaban J connectivity index is 0.00000124. The van der Waals surface area contributed by atoms with Gasteiger partial charge in [0.15, 0.2) is 5.90 Å². The molecule has 356 valence electrons. The summed E-state index contributed by atoms with van der Waals surface area (Å²) in [4.78, 5) is 5.14. The fourth-order valence-electron chi connectivity index (χ4n) is 8.91. The number of hydrogen-bond acceptors (Lipinski definition) is 3. The van der Waals surface area contributed by atoms with Crippen molar-refractivity contribution in [2.45, 2.75) is 229 Å². The minimum atomic E-state index is 0.342. The first kappa shape index (κ1) is 59.2. The van der Waals surface area contributed by atoms with Gasteiger partial charge in [-0.25, -0.2) is 4.99 Å². The molecule has 2 fully saturated rings. The Morgan fingerprint density at radius 2 is 1.21 bits per heavy atom. The molecule has 1 aromatic carbocycles. The van der Waals surface area contributed by atoms with Crippen molar-refractivity contribution in [3.8, 4) is 0 Å². The van der Waals surface area contributed by atoms with Crippen LogP contribution in [0.3, 0.4) is 0 Å². The third-order valence-electron chi connectivity index (χ3n) is 15.1. The lowest BCUT2D eigenvalue weighted by molar-refractivity contribution is 0.217. The summed E-state index contributed by atoms with van der Waals surface area (Å²) < 4.78 is 6.24. The zero-order valence-electron chi connectivity index (χ0n) is 45.5. The van der Waals surface area contributed by atoms with Gasteiger partial charge in [0.2, 0.25) is 0 Å². The summed E-state index contributed by atoms with van der Waals surface area (Å²) in [7, 11) is 0. The van der Waals surface area contributed by atoms with Crippen molar-refractivity contribution in [1.29, 1.82) is 0 Å². The first-order chi connectivity index (χ1) is 28.9. The van der Waals surface area contributed by atoms with Gasteiger partial charge in [0.05, 0.1) is 12.3 Å². The first-order valence-corrected chi connectivity index (χ1v) is 25.4. The molecule has 3 nitrogen and oxygen atoms in total. The molecule has 0 saturated heterocycles. The van der Waals surface area contributed by atoms with Crippen LogP contribution < -0.4 is 5.73 Å². The van der Waals surface area contributed by atoms with E-state index in [1.54, 1.807) is 0 Å². The van der Waals surface area contributed by atoms with Gasteiger partial charge >= 0.3 is 0 Å². The molecule has 62 heavy (non-hydrogen) atoms. The number of hydrogen-bond donors (Lipinski definition) is 1. The number of aliphatic imine (C=N–C) groups is 1. The Morgan fingerprint density at radius 1 is 0.758 bits per heavy atom. The summed E-state index contributed by atoms with van der Waals surface area (Å²) in [5.74, 6) is 5.53. The van der Waals surface area contributed by atoms with Crippen molar-refractivity contribution in [3.63, 3.8) is 0 Å². The summed E-state index contributed by atoms with van der Waals surface area (Å²) in [6, 6.07) is 0. The van der Waals surface area contributed by atoms with E-state index in [4.69, 9.17) is 22.0 Å². The molecular formula is C59H104N2O. The fraction of sp³-hybridized carbons (Fsp3) is 0.712. The topological polar surface area (TPSA) is 47.6 Å². The molecule has 0 bridgehead atoms. The van der Waals surface area contributed by atoms with Crippen LogP contribution in [-0.2, 0) is 17.6 Å². The van der Waals surface area contributed by atoms with Crippen molar-refractivity contribution in [1.82, 2.24) is 0 Å². The van der Waals surface area contributed by atoms with Gasteiger partial charge in [-0.05, 0) is 166 Å². The van der Waals surface area contributed by atoms with Crippen LogP contribution in [0.15, 0.2) is 52.2 Å². The molecule has 3 rings (SSSR count). The Bertz CT molecular complexity index is 1660. The summed E-state index contributed by atoms with van der Waals surface area (Å²) in [6.45, 7) is 58.6. The Kier molecular flexibility index (Phi) is 26.9. The number of benzene rings is 1. The van der Waals surface area contributed by atoms with Crippen molar-refractivity contribution >= 4 is 22.7 Å². The maximum absolute atomic E-state index is 6.38. The lowest BCUT2D eigenvalue weighted by Crippen LogP contribution is -2.13. The normalized spacial score (nSPS) is 19.3. The molecule has 2 aliphatic rings. The van der Waals surface area contributed by atoms with E-state index in [9.17, 15) is 0 Å². The van der Waals surface area contributed by atoms with Gasteiger partial charge in [-0.2, -0.15) is 0 Å². The lowest BCUT2D eigenvalue weighted by atomic mass is 9.78. The highest BCUT2D eigenvalue weighted by molar-refractivity contribution is 5.93. The zero-order valence-corrected chi connectivity index (χ0v) is 45.5. The molecule has 4 atom stereocenters. The Hall–Kier alpha value is -2.81. The second-order valence-corrected chi connectivity index (χ2v) is 20.5. The second-order valence-electron chi connectivity index (χ2n) is 20.5. The van der Waals surface area contributed by atoms with E-state index < -0.39 is 0 Å². The van der Waals surface area contributed by atoms with Crippen LogP contribution >= 0.6 is 0 Å². The van der Waals surface area contributed by atoms with Crippen LogP contribution in [0.4, 0.5) is 5.69 Å². The van der Waals surface area contributed by atoms with Crippen molar-refractivity contribution in [2.24, 2.45) is 51.1 Å². The molecule has 0 spiro atoms.